The summed E-state index contributed by atoms with van der Waals surface area (Å²) in [5.74, 6) is 0.328. The predicted molar refractivity (Wildman–Crippen MR) is 74.6 cm³/mol. The average Bonchev–Trinajstić information content (AvgIpc) is 2.49. The van der Waals surface area contributed by atoms with Gasteiger partial charge in [0.15, 0.2) is 0 Å². The van der Waals surface area contributed by atoms with Gasteiger partial charge in [-0.25, -0.2) is 0 Å². The Morgan fingerprint density at radius 1 is 1.30 bits per heavy atom. The fourth-order valence-electron chi connectivity index (χ4n) is 2.91. The number of piperidine rings is 3. The number of hydrogen-bond donors (Lipinski definition) is 1. The Kier molecular flexibility index (Phi) is 3.14. The molecule has 0 unspecified atom stereocenters. The van der Waals surface area contributed by atoms with Crippen LogP contribution in [0.4, 0.5) is 5.69 Å². The molecule has 3 fully saturated rings. The van der Waals surface area contributed by atoms with Crippen LogP contribution >= 0.6 is 0 Å². The number of hydrogen-bond acceptors (Lipinski definition) is 5. The summed E-state index contributed by atoms with van der Waals surface area (Å²) >= 11 is 0. The van der Waals surface area contributed by atoms with E-state index in [-0.39, 0.29) is 5.69 Å². The lowest BCUT2D eigenvalue weighted by Crippen LogP contribution is -2.46. The van der Waals surface area contributed by atoms with E-state index in [9.17, 15) is 15.3 Å². The maximum atomic E-state index is 10.6. The molecule has 1 aromatic rings. The number of non-ortho nitro benzene ring substituents is 1. The van der Waals surface area contributed by atoms with Gasteiger partial charge < -0.3 is 10.1 Å². The molecule has 3 heterocycles. The summed E-state index contributed by atoms with van der Waals surface area (Å²) in [6.07, 6.45) is 3.98. The van der Waals surface area contributed by atoms with Crippen LogP contribution in [0.5, 0.6) is 0 Å². The molecule has 1 aromatic carbocycles. The SMILES string of the molecule is O=[N+]([O-])c1ccc(/C=C2/C(=N\O)C3CCN2CC3)cc1. The monoisotopic (exact) mass is 273 g/mol. The van der Waals surface area contributed by atoms with Crippen molar-refractivity contribution >= 4 is 17.5 Å². The number of oxime groups is 1. The zero-order valence-electron chi connectivity index (χ0n) is 10.9. The molecule has 3 saturated heterocycles. The van der Waals surface area contributed by atoms with Gasteiger partial charge >= 0.3 is 0 Å². The summed E-state index contributed by atoms with van der Waals surface area (Å²) in [5.41, 5.74) is 2.62. The van der Waals surface area contributed by atoms with Gasteiger partial charge in [-0.1, -0.05) is 5.16 Å². The Labute approximate surface area is 116 Å². The number of nitro benzene ring substituents is 1. The van der Waals surface area contributed by atoms with Crippen LogP contribution in [0.3, 0.4) is 0 Å². The zero-order valence-corrected chi connectivity index (χ0v) is 10.9. The summed E-state index contributed by atoms with van der Waals surface area (Å²) in [5, 5.41) is 23.3. The first-order valence-corrected chi connectivity index (χ1v) is 6.62. The van der Waals surface area contributed by atoms with E-state index in [1.165, 1.54) is 12.1 Å². The van der Waals surface area contributed by atoms with Crippen LogP contribution in [0.15, 0.2) is 35.1 Å². The molecule has 0 spiro atoms. The summed E-state index contributed by atoms with van der Waals surface area (Å²) in [6.45, 7) is 1.95. The molecule has 104 valence electrons. The largest absolute Gasteiger partial charge is 0.411 e. The second-order valence-electron chi connectivity index (χ2n) is 5.12. The topological polar surface area (TPSA) is 79.0 Å². The first kappa shape index (κ1) is 12.7. The summed E-state index contributed by atoms with van der Waals surface area (Å²) in [4.78, 5) is 12.4. The maximum absolute atomic E-state index is 10.6. The van der Waals surface area contributed by atoms with Crippen molar-refractivity contribution in [3.8, 4) is 0 Å². The molecule has 3 aliphatic heterocycles. The van der Waals surface area contributed by atoms with Gasteiger partial charge in [0, 0.05) is 31.1 Å². The number of nitrogens with zero attached hydrogens (tertiary/aromatic N) is 3. The van der Waals surface area contributed by atoms with E-state index >= 15 is 0 Å². The molecule has 2 bridgehead atoms. The van der Waals surface area contributed by atoms with Gasteiger partial charge in [0.1, 0.15) is 5.71 Å². The van der Waals surface area contributed by atoms with Crippen LogP contribution in [-0.4, -0.2) is 33.8 Å². The molecule has 4 rings (SSSR count). The standard InChI is InChI=1S/C14H15N3O3/c18-15-14-11-5-7-16(8-6-11)13(14)9-10-1-3-12(4-2-10)17(19)20/h1-4,9,11,18H,5-8H2/b13-9-,15-14-. The minimum Gasteiger partial charge on any atom is -0.411 e. The molecule has 0 aliphatic carbocycles. The van der Waals surface area contributed by atoms with E-state index in [0.717, 1.165) is 42.9 Å². The first-order valence-electron chi connectivity index (χ1n) is 6.62. The van der Waals surface area contributed by atoms with Gasteiger partial charge in [-0.2, -0.15) is 0 Å². The number of fused-ring (bicyclic) bond motifs is 3. The quantitative estimate of drug-likeness (QED) is 0.510. The van der Waals surface area contributed by atoms with E-state index in [1.54, 1.807) is 12.1 Å². The Bertz CT molecular complexity index is 584. The highest BCUT2D eigenvalue weighted by atomic mass is 16.6. The smallest absolute Gasteiger partial charge is 0.269 e. The van der Waals surface area contributed by atoms with Crippen LogP contribution in [0, 0.1) is 16.0 Å². The lowest BCUT2D eigenvalue weighted by Gasteiger charge is -2.42. The highest BCUT2D eigenvalue weighted by Gasteiger charge is 2.35. The van der Waals surface area contributed by atoms with E-state index in [2.05, 4.69) is 10.1 Å². The molecule has 3 aliphatic rings. The minimum absolute atomic E-state index is 0.0775. The van der Waals surface area contributed by atoms with Crippen molar-refractivity contribution in [1.82, 2.24) is 4.90 Å². The lowest BCUT2D eigenvalue weighted by atomic mass is 9.83. The van der Waals surface area contributed by atoms with Crippen LogP contribution in [0.2, 0.25) is 0 Å². The third-order valence-corrected chi connectivity index (χ3v) is 4.00. The van der Waals surface area contributed by atoms with Crippen molar-refractivity contribution in [2.75, 3.05) is 13.1 Å². The van der Waals surface area contributed by atoms with E-state index in [1.807, 2.05) is 6.08 Å². The van der Waals surface area contributed by atoms with Crippen molar-refractivity contribution in [3.05, 3.63) is 45.6 Å². The average molecular weight is 273 g/mol. The molecule has 0 amide bonds. The Balaban J connectivity index is 1.92. The van der Waals surface area contributed by atoms with Gasteiger partial charge in [0.05, 0.1) is 10.6 Å². The fraction of sp³-hybridized carbons (Fsp3) is 0.357. The van der Waals surface area contributed by atoms with E-state index in [4.69, 9.17) is 0 Å². The van der Waals surface area contributed by atoms with Crippen molar-refractivity contribution < 1.29 is 10.1 Å². The highest BCUT2D eigenvalue weighted by molar-refractivity contribution is 6.05. The van der Waals surface area contributed by atoms with Gasteiger partial charge in [0.2, 0.25) is 0 Å². The Morgan fingerprint density at radius 2 is 1.95 bits per heavy atom. The number of nitro groups is 1. The van der Waals surface area contributed by atoms with Crippen LogP contribution in [0.25, 0.3) is 6.08 Å². The summed E-state index contributed by atoms with van der Waals surface area (Å²) < 4.78 is 0. The normalized spacial score (nSPS) is 22.7. The Morgan fingerprint density at radius 3 is 2.50 bits per heavy atom. The van der Waals surface area contributed by atoms with Crippen LogP contribution in [-0.2, 0) is 0 Å². The molecular formula is C14H15N3O3. The van der Waals surface area contributed by atoms with Gasteiger partial charge in [-0.3, -0.25) is 10.1 Å². The number of rotatable bonds is 2. The van der Waals surface area contributed by atoms with Crippen molar-refractivity contribution in [2.24, 2.45) is 11.1 Å². The third-order valence-electron chi connectivity index (χ3n) is 4.00. The van der Waals surface area contributed by atoms with Crippen LogP contribution < -0.4 is 0 Å². The summed E-state index contributed by atoms with van der Waals surface area (Å²) in [6, 6.07) is 6.39. The molecule has 0 saturated carbocycles. The number of benzene rings is 1. The third kappa shape index (κ3) is 2.13. The Hall–Kier alpha value is -2.37. The number of allylic oxidation sites excluding steroid dienone is 1. The summed E-state index contributed by atoms with van der Waals surface area (Å²) in [7, 11) is 0. The predicted octanol–water partition coefficient (Wildman–Crippen LogP) is 2.49. The molecule has 0 aromatic heterocycles. The minimum atomic E-state index is -0.413. The molecule has 6 nitrogen and oxygen atoms in total. The van der Waals surface area contributed by atoms with Crippen molar-refractivity contribution in [3.63, 3.8) is 0 Å². The molecule has 1 N–H and O–H groups in total. The second kappa shape index (κ2) is 4.96. The molecule has 20 heavy (non-hydrogen) atoms. The molecule has 0 radical (unpaired) electrons. The first-order chi connectivity index (χ1) is 9.69. The van der Waals surface area contributed by atoms with Gasteiger partial charge in [-0.15, -0.1) is 0 Å². The van der Waals surface area contributed by atoms with E-state index < -0.39 is 4.92 Å². The molecule has 6 heteroatoms. The van der Waals surface area contributed by atoms with Crippen molar-refractivity contribution in [1.29, 1.82) is 0 Å². The second-order valence-corrected chi connectivity index (χ2v) is 5.12. The molecular weight excluding hydrogens is 258 g/mol. The fourth-order valence-corrected chi connectivity index (χ4v) is 2.91. The lowest BCUT2D eigenvalue weighted by molar-refractivity contribution is -0.384. The maximum Gasteiger partial charge on any atom is 0.269 e. The van der Waals surface area contributed by atoms with Gasteiger partial charge in [0.25, 0.3) is 5.69 Å². The zero-order chi connectivity index (χ0) is 14.1. The van der Waals surface area contributed by atoms with Crippen molar-refractivity contribution in [2.45, 2.75) is 12.8 Å². The van der Waals surface area contributed by atoms with Gasteiger partial charge in [-0.05, 0) is 36.6 Å². The van der Waals surface area contributed by atoms with Crippen LogP contribution in [0.1, 0.15) is 18.4 Å². The van der Waals surface area contributed by atoms with E-state index in [0.29, 0.717) is 5.92 Å². The highest BCUT2D eigenvalue weighted by Crippen LogP contribution is 2.33. The molecule has 0 atom stereocenters.